The second kappa shape index (κ2) is 8.13. The second-order valence-corrected chi connectivity index (χ2v) is 8.37. The smallest absolute Gasteiger partial charge is 0.229 e. The minimum absolute atomic E-state index is 0.398. The normalized spacial score (nSPS) is 11.4. The van der Waals surface area contributed by atoms with Crippen molar-refractivity contribution >= 4 is 38.2 Å². The Labute approximate surface area is 169 Å². The van der Waals surface area contributed by atoms with Crippen LogP contribution in [0.1, 0.15) is 12.5 Å². The summed E-state index contributed by atoms with van der Waals surface area (Å²) in [6.07, 6.45) is 1.10. The highest BCUT2D eigenvalue weighted by atomic mass is 35.5. The lowest BCUT2D eigenvalue weighted by Crippen LogP contribution is -2.09. The molecule has 28 heavy (non-hydrogen) atoms. The summed E-state index contributed by atoms with van der Waals surface area (Å²) in [5.41, 5.74) is 3.57. The quantitative estimate of drug-likeness (QED) is 0.584. The molecule has 0 bridgehead atoms. The van der Waals surface area contributed by atoms with E-state index in [4.69, 9.17) is 16.3 Å². The number of anilines is 1. The fraction of sp³-hybridized carbons (Fsp3) is 0.250. The highest BCUT2D eigenvalue weighted by Gasteiger charge is 2.18. The summed E-state index contributed by atoms with van der Waals surface area (Å²) in [7, 11) is -3.34. The zero-order valence-electron chi connectivity index (χ0n) is 15.6. The summed E-state index contributed by atoms with van der Waals surface area (Å²) in [5.74, 6) is 1.10. The Morgan fingerprint density at radius 3 is 2.50 bits per heavy atom. The van der Waals surface area contributed by atoms with E-state index in [1.165, 1.54) is 0 Å². The van der Waals surface area contributed by atoms with Gasteiger partial charge in [-0.2, -0.15) is 5.26 Å². The fourth-order valence-corrected chi connectivity index (χ4v) is 3.87. The number of halogens is 1. The van der Waals surface area contributed by atoms with Gasteiger partial charge in [-0.3, -0.25) is 4.72 Å². The van der Waals surface area contributed by atoms with E-state index in [0.29, 0.717) is 36.0 Å². The van der Waals surface area contributed by atoms with E-state index in [0.717, 1.165) is 28.4 Å². The van der Waals surface area contributed by atoms with Gasteiger partial charge >= 0.3 is 0 Å². The zero-order valence-corrected chi connectivity index (χ0v) is 17.1. The van der Waals surface area contributed by atoms with Crippen molar-refractivity contribution in [1.82, 2.24) is 4.57 Å². The molecule has 1 heterocycles. The van der Waals surface area contributed by atoms with Gasteiger partial charge < -0.3 is 9.30 Å². The van der Waals surface area contributed by atoms with Crippen molar-refractivity contribution in [2.24, 2.45) is 0 Å². The van der Waals surface area contributed by atoms with Crippen LogP contribution >= 0.6 is 11.6 Å². The van der Waals surface area contributed by atoms with Crippen LogP contribution in [0.5, 0.6) is 5.75 Å². The van der Waals surface area contributed by atoms with Gasteiger partial charge in [0.05, 0.1) is 28.9 Å². The Balaban J connectivity index is 2.13. The Kier molecular flexibility index (Phi) is 5.82. The minimum atomic E-state index is -3.34. The standard InChI is InChI=1S/C20H20ClN3O3S/c1-3-24-19-12-16(27-11-10-21)8-9-17(19)18(13-22)20(24)14-4-6-15(7-5-14)23-28(2,25)26/h4-9,12,23H,3,10-11H2,1-2H3. The molecule has 146 valence electrons. The molecule has 0 saturated carbocycles. The van der Waals surface area contributed by atoms with Gasteiger partial charge in [-0.1, -0.05) is 12.1 Å². The summed E-state index contributed by atoms with van der Waals surface area (Å²) in [6.45, 7) is 3.08. The number of fused-ring (bicyclic) bond motifs is 1. The molecule has 0 saturated heterocycles. The molecule has 0 atom stereocenters. The monoisotopic (exact) mass is 417 g/mol. The number of hydrogen-bond acceptors (Lipinski definition) is 4. The van der Waals surface area contributed by atoms with Crippen LogP contribution in [-0.2, 0) is 16.6 Å². The summed E-state index contributed by atoms with van der Waals surface area (Å²) in [5, 5.41) is 10.6. The zero-order chi connectivity index (χ0) is 20.3. The fourth-order valence-electron chi connectivity index (χ4n) is 3.23. The van der Waals surface area contributed by atoms with Gasteiger partial charge in [-0.05, 0) is 36.8 Å². The SMILES string of the molecule is CCn1c(-c2ccc(NS(C)(=O)=O)cc2)c(C#N)c2ccc(OCCCl)cc21. The van der Waals surface area contributed by atoms with Crippen LogP contribution in [0.2, 0.25) is 0 Å². The number of hydrogen-bond donors (Lipinski definition) is 1. The molecular weight excluding hydrogens is 398 g/mol. The number of nitrogens with one attached hydrogen (secondary N) is 1. The first-order chi connectivity index (χ1) is 13.4. The Bertz CT molecular complexity index is 1150. The predicted octanol–water partition coefficient (Wildman–Crippen LogP) is 4.19. The van der Waals surface area contributed by atoms with Crippen LogP contribution < -0.4 is 9.46 Å². The van der Waals surface area contributed by atoms with E-state index >= 15 is 0 Å². The number of benzene rings is 2. The van der Waals surface area contributed by atoms with E-state index in [9.17, 15) is 13.7 Å². The van der Waals surface area contributed by atoms with E-state index < -0.39 is 10.0 Å². The lowest BCUT2D eigenvalue weighted by molar-refractivity contribution is 0.343. The summed E-state index contributed by atoms with van der Waals surface area (Å²) in [6, 6.07) is 14.9. The molecule has 2 aromatic carbocycles. The first kappa shape index (κ1) is 20.1. The largest absolute Gasteiger partial charge is 0.492 e. The molecule has 0 aliphatic rings. The molecule has 8 heteroatoms. The van der Waals surface area contributed by atoms with Crippen molar-refractivity contribution in [2.45, 2.75) is 13.5 Å². The van der Waals surface area contributed by atoms with Crippen molar-refractivity contribution in [3.05, 3.63) is 48.0 Å². The summed E-state index contributed by atoms with van der Waals surface area (Å²) in [4.78, 5) is 0. The maximum absolute atomic E-state index is 11.4. The minimum Gasteiger partial charge on any atom is -0.492 e. The van der Waals surface area contributed by atoms with Crippen LogP contribution in [0.25, 0.3) is 22.2 Å². The van der Waals surface area contributed by atoms with Gasteiger partial charge in [-0.15, -0.1) is 11.6 Å². The Morgan fingerprint density at radius 1 is 1.21 bits per heavy atom. The topological polar surface area (TPSA) is 84.1 Å². The van der Waals surface area contributed by atoms with Gasteiger partial charge in [0.2, 0.25) is 10.0 Å². The Hall–Kier alpha value is -2.69. The average Bonchev–Trinajstić information content (AvgIpc) is 2.98. The highest BCUT2D eigenvalue weighted by molar-refractivity contribution is 7.92. The maximum atomic E-state index is 11.4. The molecule has 0 aliphatic carbocycles. The van der Waals surface area contributed by atoms with E-state index in [2.05, 4.69) is 15.4 Å². The Morgan fingerprint density at radius 2 is 1.93 bits per heavy atom. The van der Waals surface area contributed by atoms with Gasteiger partial charge in [0, 0.05) is 23.7 Å². The third kappa shape index (κ3) is 4.08. The molecule has 3 rings (SSSR count). The van der Waals surface area contributed by atoms with Crippen LogP contribution in [0.3, 0.4) is 0 Å². The highest BCUT2D eigenvalue weighted by Crippen LogP contribution is 2.35. The van der Waals surface area contributed by atoms with Crippen LogP contribution in [-0.4, -0.2) is 31.7 Å². The molecule has 0 unspecified atom stereocenters. The lowest BCUT2D eigenvalue weighted by Gasteiger charge is -2.10. The molecular formula is C20H20ClN3O3S. The van der Waals surface area contributed by atoms with Crippen LogP contribution in [0, 0.1) is 11.3 Å². The third-order valence-electron chi connectivity index (χ3n) is 4.27. The number of nitrogens with zero attached hydrogens (tertiary/aromatic N) is 2. The summed E-state index contributed by atoms with van der Waals surface area (Å²) >= 11 is 5.70. The number of aryl methyl sites for hydroxylation is 1. The molecule has 3 aromatic rings. The first-order valence-electron chi connectivity index (χ1n) is 8.71. The molecule has 0 aliphatic heterocycles. The number of nitriles is 1. The number of rotatable bonds is 7. The number of ether oxygens (including phenoxy) is 1. The second-order valence-electron chi connectivity index (χ2n) is 6.25. The molecule has 0 spiro atoms. The van der Waals surface area contributed by atoms with E-state index in [-0.39, 0.29) is 0 Å². The first-order valence-corrected chi connectivity index (χ1v) is 11.1. The van der Waals surface area contributed by atoms with Crippen molar-refractivity contribution in [2.75, 3.05) is 23.5 Å². The molecule has 6 nitrogen and oxygen atoms in total. The maximum Gasteiger partial charge on any atom is 0.229 e. The van der Waals surface area contributed by atoms with Gasteiger partial charge in [0.15, 0.2) is 0 Å². The molecule has 1 N–H and O–H groups in total. The average molecular weight is 418 g/mol. The van der Waals surface area contributed by atoms with Gasteiger partial charge in [-0.25, -0.2) is 8.42 Å². The van der Waals surface area contributed by atoms with Crippen molar-refractivity contribution in [3.8, 4) is 23.1 Å². The summed E-state index contributed by atoms with van der Waals surface area (Å²) < 4.78 is 32.9. The molecule has 0 amide bonds. The van der Waals surface area contributed by atoms with E-state index in [1.807, 2.05) is 25.1 Å². The van der Waals surface area contributed by atoms with E-state index in [1.54, 1.807) is 24.3 Å². The molecule has 0 fully saturated rings. The molecule has 0 radical (unpaired) electrons. The number of alkyl halides is 1. The lowest BCUT2D eigenvalue weighted by atomic mass is 10.1. The van der Waals surface area contributed by atoms with Crippen molar-refractivity contribution in [1.29, 1.82) is 5.26 Å². The van der Waals surface area contributed by atoms with Crippen LogP contribution in [0.15, 0.2) is 42.5 Å². The third-order valence-corrected chi connectivity index (χ3v) is 5.03. The predicted molar refractivity (Wildman–Crippen MR) is 112 cm³/mol. The molecule has 1 aromatic heterocycles. The number of sulfonamides is 1. The van der Waals surface area contributed by atoms with Gasteiger partial charge in [0.1, 0.15) is 18.4 Å². The number of aromatic nitrogens is 1. The van der Waals surface area contributed by atoms with Crippen molar-refractivity contribution < 1.29 is 13.2 Å². The van der Waals surface area contributed by atoms with Crippen molar-refractivity contribution in [3.63, 3.8) is 0 Å². The van der Waals surface area contributed by atoms with Crippen LogP contribution in [0.4, 0.5) is 5.69 Å². The van der Waals surface area contributed by atoms with Gasteiger partial charge in [0.25, 0.3) is 0 Å².